The van der Waals surface area contributed by atoms with E-state index < -0.39 is 0 Å². The summed E-state index contributed by atoms with van der Waals surface area (Å²) < 4.78 is 0. The van der Waals surface area contributed by atoms with Crippen molar-refractivity contribution < 1.29 is 0 Å². The fourth-order valence-electron chi connectivity index (χ4n) is 1.91. The smallest absolute Gasteiger partial charge is 0.224 e. The van der Waals surface area contributed by atoms with Crippen LogP contribution in [-0.4, -0.2) is 22.1 Å². The van der Waals surface area contributed by atoms with Crippen molar-refractivity contribution in [3.05, 3.63) is 12.3 Å². The Morgan fingerprint density at radius 3 is 2.81 bits per heavy atom. The third kappa shape index (κ3) is 2.62. The molecular weight excluding hydrogens is 200 g/mol. The molecule has 4 nitrogen and oxygen atoms in total. The SMILES string of the molecule is CCNc1nccc(NC(C)(C)C2CC2)n1. The largest absolute Gasteiger partial charge is 0.365 e. The Balaban J connectivity index is 2.05. The van der Waals surface area contributed by atoms with Crippen LogP contribution in [0.15, 0.2) is 12.3 Å². The summed E-state index contributed by atoms with van der Waals surface area (Å²) in [6.07, 6.45) is 4.44. The number of rotatable bonds is 5. The zero-order chi connectivity index (χ0) is 11.6. The summed E-state index contributed by atoms with van der Waals surface area (Å²) in [6.45, 7) is 7.35. The van der Waals surface area contributed by atoms with Gasteiger partial charge in [0.1, 0.15) is 5.82 Å². The molecule has 4 heteroatoms. The highest BCUT2D eigenvalue weighted by atomic mass is 15.2. The van der Waals surface area contributed by atoms with Gasteiger partial charge in [-0.2, -0.15) is 4.98 Å². The fourth-order valence-corrected chi connectivity index (χ4v) is 1.91. The van der Waals surface area contributed by atoms with Gasteiger partial charge < -0.3 is 10.6 Å². The van der Waals surface area contributed by atoms with Gasteiger partial charge in [-0.1, -0.05) is 0 Å². The summed E-state index contributed by atoms with van der Waals surface area (Å²) >= 11 is 0. The average molecular weight is 220 g/mol. The van der Waals surface area contributed by atoms with E-state index >= 15 is 0 Å². The molecule has 1 aromatic rings. The maximum Gasteiger partial charge on any atom is 0.224 e. The zero-order valence-corrected chi connectivity index (χ0v) is 10.2. The van der Waals surface area contributed by atoms with Gasteiger partial charge in [0, 0.05) is 18.3 Å². The van der Waals surface area contributed by atoms with Gasteiger partial charge in [-0.3, -0.25) is 0 Å². The van der Waals surface area contributed by atoms with Crippen LogP contribution in [0.1, 0.15) is 33.6 Å². The van der Waals surface area contributed by atoms with Gasteiger partial charge in [-0.15, -0.1) is 0 Å². The molecule has 0 saturated heterocycles. The summed E-state index contributed by atoms with van der Waals surface area (Å²) in [4.78, 5) is 8.58. The molecule has 1 aliphatic carbocycles. The number of hydrogen-bond donors (Lipinski definition) is 2. The lowest BCUT2D eigenvalue weighted by atomic mass is 9.99. The number of nitrogens with one attached hydrogen (secondary N) is 2. The van der Waals surface area contributed by atoms with Crippen LogP contribution in [0.2, 0.25) is 0 Å². The molecule has 88 valence electrons. The van der Waals surface area contributed by atoms with E-state index in [9.17, 15) is 0 Å². The normalized spacial score (nSPS) is 15.9. The molecule has 0 atom stereocenters. The van der Waals surface area contributed by atoms with E-state index in [0.29, 0.717) is 5.95 Å². The Hall–Kier alpha value is -1.32. The van der Waals surface area contributed by atoms with Gasteiger partial charge in [0.2, 0.25) is 5.95 Å². The predicted molar refractivity (Wildman–Crippen MR) is 66.6 cm³/mol. The van der Waals surface area contributed by atoms with Crippen LogP contribution in [0, 0.1) is 5.92 Å². The van der Waals surface area contributed by atoms with Gasteiger partial charge in [-0.05, 0) is 45.6 Å². The van der Waals surface area contributed by atoms with Gasteiger partial charge in [0.25, 0.3) is 0 Å². The van der Waals surface area contributed by atoms with Crippen molar-refractivity contribution in [2.24, 2.45) is 5.92 Å². The molecule has 0 aromatic carbocycles. The zero-order valence-electron chi connectivity index (χ0n) is 10.2. The standard InChI is InChI=1S/C12H20N4/c1-4-13-11-14-8-7-10(15-11)16-12(2,3)9-5-6-9/h7-9H,4-6H2,1-3H3,(H2,13,14,15,16). The average Bonchev–Trinajstić information content (AvgIpc) is 3.01. The first-order valence-corrected chi connectivity index (χ1v) is 5.97. The molecule has 0 spiro atoms. The third-order valence-electron chi connectivity index (χ3n) is 3.04. The van der Waals surface area contributed by atoms with E-state index in [0.717, 1.165) is 18.3 Å². The molecule has 1 aliphatic rings. The monoisotopic (exact) mass is 220 g/mol. The Labute approximate surface area is 96.9 Å². The van der Waals surface area contributed by atoms with Crippen LogP contribution in [0.4, 0.5) is 11.8 Å². The molecule has 1 aromatic heterocycles. The first-order chi connectivity index (χ1) is 7.62. The van der Waals surface area contributed by atoms with Crippen LogP contribution >= 0.6 is 0 Å². The van der Waals surface area contributed by atoms with Gasteiger partial charge in [0.05, 0.1) is 0 Å². The van der Waals surface area contributed by atoms with E-state index in [1.807, 2.05) is 13.0 Å². The minimum atomic E-state index is 0.137. The second kappa shape index (κ2) is 4.28. The van der Waals surface area contributed by atoms with Gasteiger partial charge >= 0.3 is 0 Å². The first-order valence-electron chi connectivity index (χ1n) is 5.97. The van der Waals surface area contributed by atoms with Crippen molar-refractivity contribution in [1.82, 2.24) is 9.97 Å². The molecule has 0 unspecified atom stereocenters. The Bertz CT molecular complexity index is 358. The lowest BCUT2D eigenvalue weighted by Gasteiger charge is -2.26. The van der Waals surface area contributed by atoms with Crippen LogP contribution in [-0.2, 0) is 0 Å². The first kappa shape index (κ1) is 11.2. The van der Waals surface area contributed by atoms with E-state index in [4.69, 9.17) is 0 Å². The van der Waals surface area contributed by atoms with E-state index in [-0.39, 0.29) is 5.54 Å². The predicted octanol–water partition coefficient (Wildman–Crippen LogP) is 2.51. The second-order valence-electron chi connectivity index (χ2n) is 4.92. The molecule has 16 heavy (non-hydrogen) atoms. The molecule has 0 bridgehead atoms. The molecule has 2 N–H and O–H groups in total. The summed E-state index contributed by atoms with van der Waals surface area (Å²) in [5, 5.41) is 6.60. The highest BCUT2D eigenvalue weighted by Crippen LogP contribution is 2.40. The fraction of sp³-hybridized carbons (Fsp3) is 0.667. The Morgan fingerprint density at radius 2 is 2.19 bits per heavy atom. The maximum atomic E-state index is 4.42. The molecule has 0 aliphatic heterocycles. The van der Waals surface area contributed by atoms with Crippen molar-refractivity contribution >= 4 is 11.8 Å². The number of nitrogens with zero attached hydrogens (tertiary/aromatic N) is 2. The second-order valence-corrected chi connectivity index (χ2v) is 4.92. The van der Waals surface area contributed by atoms with E-state index in [1.54, 1.807) is 6.20 Å². The van der Waals surface area contributed by atoms with Gasteiger partial charge in [-0.25, -0.2) is 4.98 Å². The molecule has 1 saturated carbocycles. The van der Waals surface area contributed by atoms with Crippen LogP contribution < -0.4 is 10.6 Å². The van der Waals surface area contributed by atoms with E-state index in [2.05, 4.69) is 34.4 Å². The molecule has 1 heterocycles. The van der Waals surface area contributed by atoms with Crippen molar-refractivity contribution in [3.63, 3.8) is 0 Å². The van der Waals surface area contributed by atoms with Crippen LogP contribution in [0.3, 0.4) is 0 Å². The van der Waals surface area contributed by atoms with Crippen molar-refractivity contribution in [1.29, 1.82) is 0 Å². The highest BCUT2D eigenvalue weighted by molar-refractivity contribution is 5.42. The molecule has 1 fully saturated rings. The van der Waals surface area contributed by atoms with Crippen LogP contribution in [0.5, 0.6) is 0 Å². The third-order valence-corrected chi connectivity index (χ3v) is 3.04. The summed E-state index contributed by atoms with van der Waals surface area (Å²) in [5.74, 6) is 2.38. The van der Waals surface area contributed by atoms with E-state index in [1.165, 1.54) is 12.8 Å². The molecule has 2 rings (SSSR count). The lowest BCUT2D eigenvalue weighted by Crippen LogP contribution is -2.33. The summed E-state index contributed by atoms with van der Waals surface area (Å²) in [7, 11) is 0. The van der Waals surface area contributed by atoms with Gasteiger partial charge in [0.15, 0.2) is 0 Å². The van der Waals surface area contributed by atoms with Crippen LogP contribution in [0.25, 0.3) is 0 Å². The number of hydrogen-bond acceptors (Lipinski definition) is 4. The Morgan fingerprint density at radius 1 is 1.44 bits per heavy atom. The summed E-state index contributed by atoms with van der Waals surface area (Å²) in [5.41, 5.74) is 0.137. The molecule has 0 amide bonds. The quantitative estimate of drug-likeness (QED) is 0.800. The molecular formula is C12H20N4. The van der Waals surface area contributed by atoms with Crippen molar-refractivity contribution in [2.45, 2.75) is 39.2 Å². The summed E-state index contributed by atoms with van der Waals surface area (Å²) in [6, 6.07) is 1.92. The lowest BCUT2D eigenvalue weighted by molar-refractivity contribution is 0.492. The maximum absolute atomic E-state index is 4.42. The number of aromatic nitrogens is 2. The minimum Gasteiger partial charge on any atom is -0.365 e. The Kier molecular flexibility index (Phi) is 2.99. The topological polar surface area (TPSA) is 49.8 Å². The highest BCUT2D eigenvalue weighted by Gasteiger charge is 2.37. The molecule has 0 radical (unpaired) electrons. The minimum absolute atomic E-state index is 0.137. The van der Waals surface area contributed by atoms with Crippen molar-refractivity contribution in [3.8, 4) is 0 Å². The van der Waals surface area contributed by atoms with Crippen molar-refractivity contribution in [2.75, 3.05) is 17.2 Å². The number of anilines is 2.